The van der Waals surface area contributed by atoms with Gasteiger partial charge in [-0.2, -0.15) is 0 Å². The first kappa shape index (κ1) is 26.6. The van der Waals surface area contributed by atoms with Crippen molar-refractivity contribution in [3.05, 3.63) is 52.6 Å². The third kappa shape index (κ3) is 5.64. The molecule has 36 heavy (non-hydrogen) atoms. The van der Waals surface area contributed by atoms with Gasteiger partial charge in [-0.1, -0.05) is 6.08 Å². The highest BCUT2D eigenvalue weighted by atomic mass is 16.6. The smallest absolute Gasteiger partial charge is 0.411 e. The van der Waals surface area contributed by atoms with Crippen LogP contribution in [0.2, 0.25) is 0 Å². The Morgan fingerprint density at radius 3 is 2.36 bits per heavy atom. The molecule has 12 heteroatoms. The molecule has 1 aliphatic heterocycles. The van der Waals surface area contributed by atoms with Crippen LogP contribution in [-0.2, 0) is 23.8 Å². The van der Waals surface area contributed by atoms with Crippen molar-refractivity contribution in [3.63, 3.8) is 0 Å². The molecule has 2 fully saturated rings. The minimum Gasteiger partial charge on any atom is -0.467 e. The van der Waals surface area contributed by atoms with Crippen molar-refractivity contribution >= 4 is 29.6 Å². The number of ether oxygens (including phenoxy) is 3. The number of nitrogens with one attached hydrogen (secondary N) is 1. The van der Waals surface area contributed by atoms with Crippen LogP contribution in [0.15, 0.2) is 36.9 Å². The molecule has 0 bridgehead atoms. The minimum absolute atomic E-state index is 0.0419. The predicted molar refractivity (Wildman–Crippen MR) is 125 cm³/mol. The second-order valence-corrected chi connectivity index (χ2v) is 9.71. The van der Waals surface area contributed by atoms with E-state index in [9.17, 15) is 29.3 Å². The fourth-order valence-electron chi connectivity index (χ4n) is 4.08. The number of nitro benzene ring substituents is 1. The molecule has 1 aromatic rings. The summed E-state index contributed by atoms with van der Waals surface area (Å²) in [6.07, 6.45) is 0.178. The van der Waals surface area contributed by atoms with Crippen LogP contribution in [0.1, 0.15) is 44.0 Å². The van der Waals surface area contributed by atoms with Gasteiger partial charge in [0.1, 0.15) is 23.3 Å². The van der Waals surface area contributed by atoms with E-state index in [1.807, 2.05) is 0 Å². The largest absolute Gasteiger partial charge is 0.467 e. The monoisotopic (exact) mass is 503 g/mol. The van der Waals surface area contributed by atoms with Gasteiger partial charge in [0.25, 0.3) is 5.69 Å². The van der Waals surface area contributed by atoms with E-state index in [4.69, 9.17) is 14.2 Å². The number of nitrogens with zero attached hydrogens (tertiary/aromatic N) is 2. The number of carbonyl (C=O) groups excluding carboxylic acids is 4. The number of benzene rings is 1. The van der Waals surface area contributed by atoms with Crippen LogP contribution in [0.25, 0.3) is 0 Å². The number of methoxy groups -OCH3 is 1. The van der Waals surface area contributed by atoms with E-state index in [1.54, 1.807) is 26.8 Å². The highest BCUT2D eigenvalue weighted by Crippen LogP contribution is 2.45. The molecule has 0 unspecified atom stereocenters. The Balaban J connectivity index is 1.77. The van der Waals surface area contributed by atoms with Crippen molar-refractivity contribution in [2.75, 3.05) is 13.7 Å². The molecule has 3 rings (SSSR count). The Bertz CT molecular complexity index is 1080. The number of hydrogen-bond acceptors (Lipinski definition) is 9. The summed E-state index contributed by atoms with van der Waals surface area (Å²) in [6.45, 7) is 8.57. The molecule has 1 saturated heterocycles. The average molecular weight is 504 g/mol. The molecule has 0 radical (unpaired) electrons. The van der Waals surface area contributed by atoms with Crippen LogP contribution < -0.4 is 5.32 Å². The van der Waals surface area contributed by atoms with E-state index >= 15 is 0 Å². The highest BCUT2D eigenvalue weighted by molar-refractivity contribution is 5.95. The van der Waals surface area contributed by atoms with E-state index in [2.05, 4.69) is 11.9 Å². The van der Waals surface area contributed by atoms with Gasteiger partial charge >= 0.3 is 18.0 Å². The van der Waals surface area contributed by atoms with E-state index in [0.29, 0.717) is 6.42 Å². The Kier molecular flexibility index (Phi) is 7.37. The molecule has 1 heterocycles. The number of non-ortho nitro benzene ring substituents is 1. The lowest BCUT2D eigenvalue weighted by Gasteiger charge is -2.28. The van der Waals surface area contributed by atoms with Gasteiger partial charge in [0, 0.05) is 24.5 Å². The molecule has 1 aromatic carbocycles. The first-order valence-corrected chi connectivity index (χ1v) is 11.3. The predicted octanol–water partition coefficient (Wildman–Crippen LogP) is 2.36. The lowest BCUT2D eigenvalue weighted by molar-refractivity contribution is -0.384. The number of rotatable bonds is 7. The number of likely N-dealkylation sites (tertiary alicyclic amines) is 1. The zero-order valence-electron chi connectivity index (χ0n) is 20.5. The van der Waals surface area contributed by atoms with Gasteiger partial charge in [-0.25, -0.2) is 14.4 Å². The molecule has 1 saturated carbocycles. The summed E-state index contributed by atoms with van der Waals surface area (Å²) in [5, 5.41) is 13.5. The number of carbonyl (C=O) groups is 4. The Hall–Kier alpha value is -3.96. The normalized spacial score (nSPS) is 24.9. The third-order valence-electron chi connectivity index (χ3n) is 5.98. The summed E-state index contributed by atoms with van der Waals surface area (Å²) < 4.78 is 15.8. The Morgan fingerprint density at radius 2 is 1.86 bits per heavy atom. The maximum Gasteiger partial charge on any atom is 0.411 e. The number of amides is 2. The minimum atomic E-state index is -1.26. The van der Waals surface area contributed by atoms with Gasteiger partial charge in [-0.05, 0) is 39.3 Å². The fraction of sp³-hybridized carbons (Fsp3) is 0.500. The topological polar surface area (TPSA) is 154 Å². The highest BCUT2D eigenvalue weighted by Gasteiger charge is 2.62. The lowest BCUT2D eigenvalue weighted by Crippen LogP contribution is -2.53. The fourth-order valence-corrected chi connectivity index (χ4v) is 4.08. The van der Waals surface area contributed by atoms with Crippen LogP contribution in [0.3, 0.4) is 0 Å². The van der Waals surface area contributed by atoms with Crippen molar-refractivity contribution < 1.29 is 38.3 Å². The molecular formula is C24H29N3O9. The van der Waals surface area contributed by atoms with Crippen molar-refractivity contribution in [2.24, 2.45) is 5.92 Å². The summed E-state index contributed by atoms with van der Waals surface area (Å²) in [6, 6.07) is 3.78. The average Bonchev–Trinajstić information content (AvgIpc) is 3.36. The molecule has 2 amide bonds. The van der Waals surface area contributed by atoms with E-state index in [-0.39, 0.29) is 30.1 Å². The third-order valence-corrected chi connectivity index (χ3v) is 5.98. The van der Waals surface area contributed by atoms with E-state index < -0.39 is 52.1 Å². The summed E-state index contributed by atoms with van der Waals surface area (Å²) >= 11 is 0. The van der Waals surface area contributed by atoms with Gasteiger partial charge in [-0.3, -0.25) is 19.8 Å². The van der Waals surface area contributed by atoms with Crippen LogP contribution in [0.4, 0.5) is 10.5 Å². The lowest BCUT2D eigenvalue weighted by atomic mass is 10.1. The maximum atomic E-state index is 13.3. The van der Waals surface area contributed by atoms with Crippen molar-refractivity contribution in [1.82, 2.24) is 10.2 Å². The standard InChI is InChI=1S/C24H29N3O9/c1-6-15-12-24(15,21(30)34-5)25-19(28)18-11-17(13-26(18)22(31)36-23(2,3)4)35-20(29)14-7-9-16(10-8-14)27(32)33/h6-10,15,17-18H,1,11-13H2,2-5H3,(H,25,28)/t15-,17+,18+,24-/m1/s1. The van der Waals surface area contributed by atoms with Gasteiger partial charge in [0.15, 0.2) is 0 Å². The van der Waals surface area contributed by atoms with E-state index in [0.717, 1.165) is 4.90 Å². The molecule has 12 nitrogen and oxygen atoms in total. The van der Waals surface area contributed by atoms with Crippen molar-refractivity contribution in [1.29, 1.82) is 0 Å². The van der Waals surface area contributed by atoms with Crippen LogP contribution in [0, 0.1) is 16.0 Å². The first-order valence-electron chi connectivity index (χ1n) is 11.3. The van der Waals surface area contributed by atoms with Gasteiger partial charge in [0.05, 0.1) is 24.1 Å². The van der Waals surface area contributed by atoms with E-state index in [1.165, 1.54) is 31.4 Å². The quantitative estimate of drug-likeness (QED) is 0.194. The zero-order valence-corrected chi connectivity index (χ0v) is 20.5. The SMILES string of the molecule is C=C[C@@H]1C[C@]1(NC(=O)[C@@H]1C[C@H](OC(=O)c2ccc([N+](=O)[O-])cc2)CN1C(=O)OC(C)(C)C)C(=O)OC. The molecule has 1 aliphatic carbocycles. The Morgan fingerprint density at radius 1 is 1.22 bits per heavy atom. The van der Waals surface area contributed by atoms with Crippen LogP contribution in [-0.4, -0.2) is 70.7 Å². The molecule has 2 aliphatic rings. The molecule has 1 N–H and O–H groups in total. The van der Waals surface area contributed by atoms with Gasteiger partial charge in [0.2, 0.25) is 5.91 Å². The summed E-state index contributed by atoms with van der Waals surface area (Å²) in [5.74, 6) is -2.32. The first-order chi connectivity index (χ1) is 16.8. The number of esters is 2. The molecule has 0 spiro atoms. The summed E-state index contributed by atoms with van der Waals surface area (Å²) in [4.78, 5) is 62.5. The van der Waals surface area contributed by atoms with Crippen molar-refractivity contribution in [2.45, 2.75) is 56.9 Å². The molecule has 4 atom stereocenters. The number of hydrogen-bond donors (Lipinski definition) is 1. The molecule has 0 aromatic heterocycles. The molecule has 194 valence electrons. The summed E-state index contributed by atoms with van der Waals surface area (Å²) in [7, 11) is 1.21. The second kappa shape index (κ2) is 9.96. The second-order valence-electron chi connectivity index (χ2n) is 9.71. The zero-order chi connectivity index (χ0) is 26.8. The van der Waals surface area contributed by atoms with Crippen molar-refractivity contribution in [3.8, 4) is 0 Å². The van der Waals surface area contributed by atoms with Crippen LogP contribution >= 0.6 is 0 Å². The van der Waals surface area contributed by atoms with Crippen LogP contribution in [0.5, 0.6) is 0 Å². The van der Waals surface area contributed by atoms with Gasteiger partial charge in [-0.15, -0.1) is 6.58 Å². The summed E-state index contributed by atoms with van der Waals surface area (Å²) in [5.41, 5.74) is -2.21. The Labute approximate surface area is 207 Å². The maximum absolute atomic E-state index is 13.3. The van der Waals surface area contributed by atoms with Gasteiger partial charge < -0.3 is 19.5 Å². The molecular weight excluding hydrogens is 474 g/mol. The number of nitro groups is 1.